The van der Waals surface area contributed by atoms with E-state index in [2.05, 4.69) is 64.3 Å². The number of ether oxygens (including phenoxy) is 1. The highest BCUT2D eigenvalue weighted by molar-refractivity contribution is 7.99. The molecule has 0 atom stereocenters. The third kappa shape index (κ3) is 3.75. The molecule has 2 aromatic heterocycles. The van der Waals surface area contributed by atoms with Crippen LogP contribution in [0.15, 0.2) is 40.9 Å². The topological polar surface area (TPSA) is 39.9 Å². The lowest BCUT2D eigenvalue weighted by Crippen LogP contribution is -2.04. The Morgan fingerprint density at radius 3 is 2.88 bits per heavy atom. The summed E-state index contributed by atoms with van der Waals surface area (Å²) < 4.78 is 8.27. The normalized spacial score (nSPS) is 14.0. The van der Waals surface area contributed by atoms with E-state index in [4.69, 9.17) is 4.74 Å². The van der Waals surface area contributed by atoms with Crippen molar-refractivity contribution in [1.29, 1.82) is 0 Å². The summed E-state index contributed by atoms with van der Waals surface area (Å²) in [6.07, 6.45) is 2.45. The molecule has 0 bridgehead atoms. The van der Waals surface area contributed by atoms with Gasteiger partial charge in [-0.05, 0) is 55.3 Å². The fraction of sp³-hybridized carbons (Fsp3) is 0.368. The van der Waals surface area contributed by atoms with Crippen molar-refractivity contribution >= 4 is 23.1 Å². The van der Waals surface area contributed by atoms with Gasteiger partial charge in [-0.1, -0.05) is 30.0 Å². The fourth-order valence-electron chi connectivity index (χ4n) is 2.76. The van der Waals surface area contributed by atoms with Crippen molar-refractivity contribution in [2.45, 2.75) is 37.9 Å². The van der Waals surface area contributed by atoms with Crippen molar-refractivity contribution < 1.29 is 4.74 Å². The Bertz CT molecular complexity index is 854. The van der Waals surface area contributed by atoms with E-state index in [-0.39, 0.29) is 0 Å². The second kappa shape index (κ2) is 7.22. The van der Waals surface area contributed by atoms with Gasteiger partial charge in [0.15, 0.2) is 11.0 Å². The van der Waals surface area contributed by atoms with Crippen LogP contribution in [0, 0.1) is 13.8 Å². The molecule has 130 valence electrons. The van der Waals surface area contributed by atoms with Crippen LogP contribution in [0.4, 0.5) is 0 Å². The standard InChI is InChI=1S/C19H21N3OS2/c1-13-5-6-14(2)16(12-13)23-9-11-25-19-21-20-18(17-4-3-10-24-17)22(19)15-7-8-15/h3-6,10,12,15H,7-9,11H2,1-2H3. The summed E-state index contributed by atoms with van der Waals surface area (Å²) in [5.74, 6) is 2.85. The molecule has 25 heavy (non-hydrogen) atoms. The Hall–Kier alpha value is -1.79. The number of aryl methyl sites for hydroxylation is 2. The first kappa shape index (κ1) is 16.7. The van der Waals surface area contributed by atoms with Crippen LogP contribution in [0.2, 0.25) is 0 Å². The zero-order valence-electron chi connectivity index (χ0n) is 14.4. The number of thioether (sulfide) groups is 1. The van der Waals surface area contributed by atoms with Gasteiger partial charge in [-0.25, -0.2) is 0 Å². The van der Waals surface area contributed by atoms with Crippen molar-refractivity contribution in [2.75, 3.05) is 12.4 Å². The molecule has 0 spiro atoms. The molecule has 1 aromatic carbocycles. The molecule has 0 N–H and O–H groups in total. The largest absolute Gasteiger partial charge is 0.492 e. The van der Waals surface area contributed by atoms with Gasteiger partial charge in [-0.3, -0.25) is 4.57 Å². The molecule has 4 nitrogen and oxygen atoms in total. The number of hydrogen-bond donors (Lipinski definition) is 0. The number of thiophene rings is 1. The molecule has 2 heterocycles. The van der Waals surface area contributed by atoms with Gasteiger partial charge < -0.3 is 4.74 Å². The monoisotopic (exact) mass is 371 g/mol. The minimum atomic E-state index is 0.564. The summed E-state index contributed by atoms with van der Waals surface area (Å²) in [4.78, 5) is 1.19. The van der Waals surface area contributed by atoms with E-state index in [1.54, 1.807) is 23.1 Å². The van der Waals surface area contributed by atoms with Crippen LogP contribution < -0.4 is 4.74 Å². The molecule has 0 aliphatic heterocycles. The van der Waals surface area contributed by atoms with Crippen molar-refractivity contribution in [3.63, 3.8) is 0 Å². The van der Waals surface area contributed by atoms with Crippen LogP contribution in [-0.2, 0) is 0 Å². The van der Waals surface area contributed by atoms with Crippen LogP contribution in [0.1, 0.15) is 30.0 Å². The predicted octanol–water partition coefficient (Wildman–Crippen LogP) is 5.13. The fourth-order valence-corrected chi connectivity index (χ4v) is 4.29. The quantitative estimate of drug-likeness (QED) is 0.426. The lowest BCUT2D eigenvalue weighted by Gasteiger charge is -2.10. The molecule has 0 radical (unpaired) electrons. The van der Waals surface area contributed by atoms with Crippen molar-refractivity contribution in [2.24, 2.45) is 0 Å². The highest BCUT2D eigenvalue weighted by atomic mass is 32.2. The van der Waals surface area contributed by atoms with E-state index in [0.29, 0.717) is 12.6 Å². The van der Waals surface area contributed by atoms with E-state index >= 15 is 0 Å². The van der Waals surface area contributed by atoms with Gasteiger partial charge in [0.2, 0.25) is 0 Å². The lowest BCUT2D eigenvalue weighted by molar-refractivity contribution is 0.341. The van der Waals surface area contributed by atoms with Gasteiger partial charge in [0.05, 0.1) is 11.5 Å². The molecular formula is C19H21N3OS2. The zero-order chi connectivity index (χ0) is 17.2. The van der Waals surface area contributed by atoms with E-state index in [1.807, 2.05) is 0 Å². The Kier molecular flexibility index (Phi) is 4.81. The zero-order valence-corrected chi connectivity index (χ0v) is 16.1. The summed E-state index contributed by atoms with van der Waals surface area (Å²) >= 11 is 3.45. The molecule has 1 fully saturated rings. The van der Waals surface area contributed by atoms with Gasteiger partial charge >= 0.3 is 0 Å². The van der Waals surface area contributed by atoms with E-state index in [1.165, 1.54) is 28.8 Å². The van der Waals surface area contributed by atoms with Crippen molar-refractivity contribution in [3.05, 3.63) is 46.8 Å². The van der Waals surface area contributed by atoms with Gasteiger partial charge in [-0.15, -0.1) is 21.5 Å². The first-order chi connectivity index (χ1) is 12.2. The number of benzene rings is 1. The van der Waals surface area contributed by atoms with Crippen LogP contribution in [-0.4, -0.2) is 27.1 Å². The average molecular weight is 372 g/mol. The van der Waals surface area contributed by atoms with Crippen LogP contribution in [0.3, 0.4) is 0 Å². The Morgan fingerprint density at radius 2 is 2.12 bits per heavy atom. The van der Waals surface area contributed by atoms with E-state index in [9.17, 15) is 0 Å². The summed E-state index contributed by atoms with van der Waals surface area (Å²) in [7, 11) is 0. The van der Waals surface area contributed by atoms with E-state index in [0.717, 1.165) is 22.5 Å². The van der Waals surface area contributed by atoms with Gasteiger partial charge in [0, 0.05) is 11.8 Å². The summed E-state index contributed by atoms with van der Waals surface area (Å²) in [6.45, 7) is 4.84. The SMILES string of the molecule is Cc1ccc(C)c(OCCSc2nnc(-c3cccs3)n2C2CC2)c1. The highest BCUT2D eigenvalue weighted by Gasteiger charge is 2.30. The minimum Gasteiger partial charge on any atom is -0.492 e. The predicted molar refractivity (Wildman–Crippen MR) is 104 cm³/mol. The third-order valence-electron chi connectivity index (χ3n) is 4.23. The Labute approximate surface area is 156 Å². The molecule has 3 aromatic rings. The van der Waals surface area contributed by atoms with Crippen LogP contribution in [0.25, 0.3) is 10.7 Å². The second-order valence-electron chi connectivity index (χ2n) is 6.35. The average Bonchev–Trinajstić information content (AvgIpc) is 3.13. The summed E-state index contributed by atoms with van der Waals surface area (Å²) in [5, 5.41) is 12.0. The van der Waals surface area contributed by atoms with Gasteiger partial charge in [-0.2, -0.15) is 0 Å². The first-order valence-corrected chi connectivity index (χ1v) is 10.4. The molecule has 1 saturated carbocycles. The minimum absolute atomic E-state index is 0.564. The van der Waals surface area contributed by atoms with Gasteiger partial charge in [0.25, 0.3) is 0 Å². The molecule has 0 amide bonds. The second-order valence-corrected chi connectivity index (χ2v) is 8.36. The summed E-state index contributed by atoms with van der Waals surface area (Å²) in [5.41, 5.74) is 2.40. The molecule has 6 heteroatoms. The molecule has 1 aliphatic carbocycles. The number of nitrogens with zero attached hydrogens (tertiary/aromatic N) is 3. The first-order valence-electron chi connectivity index (χ1n) is 8.54. The molecule has 0 unspecified atom stereocenters. The number of hydrogen-bond acceptors (Lipinski definition) is 5. The van der Waals surface area contributed by atoms with Crippen molar-refractivity contribution in [3.8, 4) is 16.5 Å². The van der Waals surface area contributed by atoms with Crippen LogP contribution >= 0.6 is 23.1 Å². The smallest absolute Gasteiger partial charge is 0.191 e. The Morgan fingerprint density at radius 1 is 1.24 bits per heavy atom. The Balaban J connectivity index is 1.41. The highest BCUT2D eigenvalue weighted by Crippen LogP contribution is 2.41. The number of aromatic nitrogens is 3. The maximum Gasteiger partial charge on any atom is 0.191 e. The maximum absolute atomic E-state index is 5.96. The lowest BCUT2D eigenvalue weighted by atomic mass is 10.1. The molecule has 0 saturated heterocycles. The molecular weight excluding hydrogens is 350 g/mol. The van der Waals surface area contributed by atoms with Gasteiger partial charge in [0.1, 0.15) is 5.75 Å². The number of rotatable bonds is 7. The summed E-state index contributed by atoms with van der Waals surface area (Å²) in [6, 6.07) is 11.1. The van der Waals surface area contributed by atoms with Crippen molar-refractivity contribution in [1.82, 2.24) is 14.8 Å². The third-order valence-corrected chi connectivity index (χ3v) is 6.01. The molecule has 4 rings (SSSR count). The molecule has 1 aliphatic rings. The maximum atomic E-state index is 5.96. The van der Waals surface area contributed by atoms with E-state index < -0.39 is 0 Å². The van der Waals surface area contributed by atoms with Crippen LogP contribution in [0.5, 0.6) is 5.75 Å².